The average molecular weight is 618 g/mol. The molecule has 24 heteroatoms. The summed E-state index contributed by atoms with van der Waals surface area (Å²) in [4.78, 5) is 14.7. The topological polar surface area (TPSA) is 78.9 Å². The van der Waals surface area contributed by atoms with Crippen LogP contribution in [0.25, 0.3) is 0 Å². The largest absolute Gasteiger partial charge is 0.527 e. The normalized spacial score (nSPS) is 14.9. The second-order valence-corrected chi connectivity index (χ2v) is 6.59. The van der Waals surface area contributed by atoms with E-state index in [2.05, 4.69) is 9.72 Å². The van der Waals surface area contributed by atoms with E-state index in [0.717, 1.165) is 30.6 Å². The monoisotopic (exact) mass is 618 g/mol. The summed E-state index contributed by atoms with van der Waals surface area (Å²) < 4.78 is 227. The molecule has 1 N–H and O–H groups in total. The molecule has 7 nitrogen and oxygen atoms in total. The Morgan fingerprint density at radius 2 is 1.00 bits per heavy atom. The SMILES string of the molecule is Cc1cccnc1NC(=O)C(F)(F)OC(F)(F)C(F)(F)OC(F)(F)C(F)(F)OC(F)(F)C(F)(F)OC(F)(F)F. The molecular formula is C15H7F17N2O5. The van der Waals surface area contributed by atoms with Gasteiger partial charge in [0.15, 0.2) is 0 Å². The van der Waals surface area contributed by atoms with Gasteiger partial charge in [-0.2, -0.15) is 61.5 Å². The third-order valence-electron chi connectivity index (χ3n) is 3.54. The number of amides is 1. The predicted octanol–water partition coefficient (Wildman–Crippen LogP) is 6.06. The number of pyridine rings is 1. The lowest BCUT2D eigenvalue weighted by Gasteiger charge is -2.35. The molecule has 0 aliphatic carbocycles. The van der Waals surface area contributed by atoms with Crippen LogP contribution >= 0.6 is 0 Å². The van der Waals surface area contributed by atoms with Crippen LogP contribution in [0.3, 0.4) is 0 Å². The molecule has 0 spiro atoms. The zero-order chi connectivity index (χ0) is 31.1. The number of hydrogen-bond acceptors (Lipinski definition) is 6. The molecular weight excluding hydrogens is 611 g/mol. The van der Waals surface area contributed by atoms with E-state index in [9.17, 15) is 79.4 Å². The number of carbonyl (C=O) groups excluding carboxylic acids is 1. The molecule has 0 aromatic carbocycles. The van der Waals surface area contributed by atoms with Crippen LogP contribution in [-0.2, 0) is 23.7 Å². The summed E-state index contributed by atoms with van der Waals surface area (Å²) in [7, 11) is 0. The Bertz CT molecular complexity index is 1030. The Morgan fingerprint density at radius 3 is 1.36 bits per heavy atom. The minimum absolute atomic E-state index is 0.146. The number of rotatable bonds is 12. The molecule has 0 unspecified atom stereocenters. The van der Waals surface area contributed by atoms with Crippen molar-refractivity contribution in [1.82, 2.24) is 4.98 Å². The fourth-order valence-corrected chi connectivity index (χ4v) is 1.83. The Labute approximate surface area is 201 Å². The van der Waals surface area contributed by atoms with E-state index in [1.54, 1.807) is 4.74 Å². The molecule has 0 atom stereocenters. The van der Waals surface area contributed by atoms with Gasteiger partial charge in [-0.1, -0.05) is 6.07 Å². The van der Waals surface area contributed by atoms with Crippen molar-refractivity contribution in [3.8, 4) is 0 Å². The molecule has 0 radical (unpaired) electrons. The summed E-state index contributed by atoms with van der Waals surface area (Å²) >= 11 is 0. The van der Waals surface area contributed by atoms with Gasteiger partial charge in [-0.15, -0.1) is 13.2 Å². The number of anilines is 1. The van der Waals surface area contributed by atoms with Crippen molar-refractivity contribution >= 4 is 11.7 Å². The van der Waals surface area contributed by atoms with Gasteiger partial charge in [-0.25, -0.2) is 23.9 Å². The molecule has 0 aliphatic heterocycles. The lowest BCUT2D eigenvalue weighted by molar-refractivity contribution is -0.579. The predicted molar refractivity (Wildman–Crippen MR) is 82.6 cm³/mol. The molecule has 0 bridgehead atoms. The molecule has 0 saturated heterocycles. The summed E-state index contributed by atoms with van der Waals surface area (Å²) in [6.45, 7) is 1.08. The van der Waals surface area contributed by atoms with Crippen LogP contribution in [0.2, 0.25) is 0 Å². The second-order valence-electron chi connectivity index (χ2n) is 6.59. The maximum Gasteiger partial charge on any atom is 0.527 e. The molecule has 226 valence electrons. The van der Waals surface area contributed by atoms with Gasteiger partial charge < -0.3 is 5.32 Å². The standard InChI is InChI=1S/C15H7F17N2O5/c1-5-3-2-4-33-6(5)34-7(35)8(16,17)36-9(18,19)10(20,21)37-11(22,23)12(24,25)38-13(26,27)14(28,29)39-15(30,31)32/h2-4H,1H3,(H,33,34,35). The molecule has 1 rings (SSSR count). The highest BCUT2D eigenvalue weighted by atomic mass is 19.4. The van der Waals surface area contributed by atoms with E-state index in [1.165, 1.54) is 9.47 Å². The highest BCUT2D eigenvalue weighted by Crippen LogP contribution is 2.51. The number of nitrogens with zero attached hydrogens (tertiary/aromatic N) is 1. The maximum absolute atomic E-state index is 13.6. The van der Waals surface area contributed by atoms with Gasteiger partial charge in [0.2, 0.25) is 0 Å². The summed E-state index contributed by atoms with van der Waals surface area (Å²) in [5.41, 5.74) is -0.146. The van der Waals surface area contributed by atoms with Crippen LogP contribution in [0, 0.1) is 6.92 Å². The van der Waals surface area contributed by atoms with E-state index in [-0.39, 0.29) is 5.56 Å². The molecule has 1 aromatic rings. The van der Waals surface area contributed by atoms with Crippen LogP contribution < -0.4 is 5.32 Å². The highest BCUT2D eigenvalue weighted by Gasteiger charge is 2.77. The zero-order valence-corrected chi connectivity index (χ0v) is 17.6. The van der Waals surface area contributed by atoms with Crippen molar-refractivity contribution in [2.24, 2.45) is 0 Å². The quantitative estimate of drug-likeness (QED) is 0.287. The van der Waals surface area contributed by atoms with Crippen LogP contribution in [0.5, 0.6) is 0 Å². The Balaban J connectivity index is 3.15. The number of nitrogens with one attached hydrogen (secondary N) is 1. The van der Waals surface area contributed by atoms with Crippen molar-refractivity contribution in [2.45, 2.75) is 56.0 Å². The van der Waals surface area contributed by atoms with Crippen molar-refractivity contribution in [2.75, 3.05) is 5.32 Å². The van der Waals surface area contributed by atoms with E-state index in [4.69, 9.17) is 0 Å². The number of ether oxygens (including phenoxy) is 4. The summed E-state index contributed by atoms with van der Waals surface area (Å²) in [6.07, 6.45) is -56.8. The molecule has 39 heavy (non-hydrogen) atoms. The minimum atomic E-state index is -7.65. The summed E-state index contributed by atoms with van der Waals surface area (Å²) in [5.74, 6) is -3.85. The van der Waals surface area contributed by atoms with Crippen LogP contribution in [0.15, 0.2) is 18.3 Å². The fraction of sp³-hybridized carbons (Fsp3) is 0.600. The van der Waals surface area contributed by atoms with Crippen molar-refractivity contribution in [3.05, 3.63) is 23.9 Å². The second kappa shape index (κ2) is 10.3. The first-order chi connectivity index (χ1) is 17.0. The number of halogens is 17. The van der Waals surface area contributed by atoms with E-state index in [0.29, 0.717) is 0 Å². The summed E-state index contributed by atoms with van der Waals surface area (Å²) in [6, 6.07) is 2.24. The highest BCUT2D eigenvalue weighted by molar-refractivity contribution is 5.94. The smallest absolute Gasteiger partial charge is 0.303 e. The fourth-order valence-electron chi connectivity index (χ4n) is 1.83. The van der Waals surface area contributed by atoms with Crippen LogP contribution in [0.1, 0.15) is 5.56 Å². The first kappa shape index (κ1) is 34.3. The van der Waals surface area contributed by atoms with Gasteiger partial charge >= 0.3 is 55.0 Å². The molecule has 1 aromatic heterocycles. The molecule has 0 aliphatic rings. The Kier molecular flexibility index (Phi) is 9.10. The lowest BCUT2D eigenvalue weighted by Crippen LogP contribution is -2.60. The van der Waals surface area contributed by atoms with Crippen molar-refractivity contribution in [3.63, 3.8) is 0 Å². The van der Waals surface area contributed by atoms with E-state index < -0.39 is 60.8 Å². The van der Waals surface area contributed by atoms with Crippen LogP contribution in [0.4, 0.5) is 80.5 Å². The Morgan fingerprint density at radius 1 is 0.641 bits per heavy atom. The third kappa shape index (κ3) is 8.14. The number of aryl methyl sites for hydroxylation is 1. The third-order valence-corrected chi connectivity index (χ3v) is 3.54. The zero-order valence-electron chi connectivity index (χ0n) is 17.6. The van der Waals surface area contributed by atoms with Crippen LogP contribution in [-0.4, -0.2) is 60.0 Å². The summed E-state index contributed by atoms with van der Waals surface area (Å²) in [5, 5.41) is 1.07. The average Bonchev–Trinajstić information content (AvgIpc) is 2.65. The lowest BCUT2D eigenvalue weighted by atomic mass is 10.3. The van der Waals surface area contributed by atoms with Gasteiger partial charge in [0.25, 0.3) is 0 Å². The van der Waals surface area contributed by atoms with Gasteiger partial charge in [0.1, 0.15) is 5.82 Å². The number of alkyl halides is 17. The maximum atomic E-state index is 13.6. The van der Waals surface area contributed by atoms with E-state index in [1.807, 2.05) is 0 Å². The van der Waals surface area contributed by atoms with Gasteiger partial charge in [0.05, 0.1) is 0 Å². The molecule has 1 heterocycles. The van der Waals surface area contributed by atoms with Crippen molar-refractivity contribution < 1.29 is 98.4 Å². The molecule has 1 amide bonds. The molecule has 0 saturated carbocycles. The van der Waals surface area contributed by atoms with Gasteiger partial charge in [-0.3, -0.25) is 4.79 Å². The first-order valence-electron chi connectivity index (χ1n) is 8.74. The van der Waals surface area contributed by atoms with Crippen molar-refractivity contribution in [1.29, 1.82) is 0 Å². The molecule has 0 fully saturated rings. The van der Waals surface area contributed by atoms with E-state index >= 15 is 0 Å². The minimum Gasteiger partial charge on any atom is -0.303 e. The Hall–Kier alpha value is -2.73. The number of aromatic nitrogens is 1. The van der Waals surface area contributed by atoms with Gasteiger partial charge in [0, 0.05) is 6.20 Å². The number of carbonyl (C=O) groups is 1. The van der Waals surface area contributed by atoms with Gasteiger partial charge in [-0.05, 0) is 18.6 Å². The first-order valence-corrected chi connectivity index (χ1v) is 8.74. The number of hydrogen-bond donors (Lipinski definition) is 1.